The fourth-order valence-electron chi connectivity index (χ4n) is 2.40. The van der Waals surface area contributed by atoms with Gasteiger partial charge in [0.15, 0.2) is 18.2 Å². The quantitative estimate of drug-likeness (QED) is 0.853. The van der Waals surface area contributed by atoms with E-state index in [2.05, 4.69) is 0 Å². The van der Waals surface area contributed by atoms with E-state index in [0.29, 0.717) is 6.54 Å². The van der Waals surface area contributed by atoms with Crippen molar-refractivity contribution in [3.05, 3.63) is 54.1 Å². The Morgan fingerprint density at radius 2 is 2.04 bits per heavy atom. The highest BCUT2D eigenvalue weighted by Crippen LogP contribution is 2.33. The van der Waals surface area contributed by atoms with Crippen molar-refractivity contribution in [2.45, 2.75) is 11.3 Å². The topological polar surface area (TPSA) is 29.5 Å². The fourth-order valence-corrected chi connectivity index (χ4v) is 3.39. The standard InChI is InChI=1S/C17H15F2NO2S/c18-12-6-7-15(13(19)10-12)22-11-17(21)20-8-3-9-23-16-5-2-1-4-14(16)20/h1-2,4-7,10H,3,8-9,11H2. The summed E-state index contributed by atoms with van der Waals surface area (Å²) >= 11 is 1.71. The lowest BCUT2D eigenvalue weighted by Crippen LogP contribution is -2.35. The summed E-state index contributed by atoms with van der Waals surface area (Å²) < 4.78 is 31.7. The molecule has 0 bridgehead atoms. The summed E-state index contributed by atoms with van der Waals surface area (Å²) in [6.07, 6.45) is 0.871. The van der Waals surface area contributed by atoms with Crippen molar-refractivity contribution in [1.29, 1.82) is 0 Å². The number of benzene rings is 2. The molecule has 6 heteroatoms. The number of hydrogen-bond donors (Lipinski definition) is 0. The average molecular weight is 335 g/mol. The van der Waals surface area contributed by atoms with Crippen LogP contribution in [0.4, 0.5) is 14.5 Å². The van der Waals surface area contributed by atoms with Gasteiger partial charge in [0.25, 0.3) is 5.91 Å². The highest BCUT2D eigenvalue weighted by molar-refractivity contribution is 7.99. The second kappa shape index (κ2) is 7.00. The Kier molecular flexibility index (Phi) is 4.81. The number of thioether (sulfide) groups is 1. The van der Waals surface area contributed by atoms with Crippen molar-refractivity contribution in [3.63, 3.8) is 0 Å². The zero-order valence-electron chi connectivity index (χ0n) is 12.3. The lowest BCUT2D eigenvalue weighted by atomic mass is 10.2. The molecule has 1 amide bonds. The first kappa shape index (κ1) is 15.8. The van der Waals surface area contributed by atoms with Gasteiger partial charge in [-0.2, -0.15) is 0 Å². The van der Waals surface area contributed by atoms with E-state index in [0.717, 1.165) is 34.9 Å². The molecule has 0 N–H and O–H groups in total. The molecular weight excluding hydrogens is 320 g/mol. The minimum absolute atomic E-state index is 0.128. The van der Waals surface area contributed by atoms with Crippen LogP contribution in [0.2, 0.25) is 0 Å². The molecule has 120 valence electrons. The smallest absolute Gasteiger partial charge is 0.264 e. The molecule has 2 aromatic carbocycles. The molecular formula is C17H15F2NO2S. The van der Waals surface area contributed by atoms with Crippen molar-refractivity contribution in [3.8, 4) is 5.75 Å². The molecule has 3 rings (SSSR count). The molecule has 23 heavy (non-hydrogen) atoms. The number of carbonyl (C=O) groups is 1. The first-order valence-electron chi connectivity index (χ1n) is 7.25. The van der Waals surface area contributed by atoms with E-state index in [4.69, 9.17) is 4.74 Å². The van der Waals surface area contributed by atoms with Gasteiger partial charge < -0.3 is 9.64 Å². The lowest BCUT2D eigenvalue weighted by Gasteiger charge is -2.22. The maximum atomic E-state index is 13.6. The van der Waals surface area contributed by atoms with Crippen LogP contribution in [0.3, 0.4) is 0 Å². The SMILES string of the molecule is O=C(COc1ccc(F)cc1F)N1CCCSc2ccccc21. The van der Waals surface area contributed by atoms with Crippen molar-refractivity contribution >= 4 is 23.4 Å². The Bertz CT molecular complexity index is 723. The number of anilines is 1. The number of para-hydroxylation sites is 1. The maximum absolute atomic E-state index is 13.6. The van der Waals surface area contributed by atoms with Gasteiger partial charge in [-0.05, 0) is 36.4 Å². The van der Waals surface area contributed by atoms with Crippen LogP contribution >= 0.6 is 11.8 Å². The highest BCUT2D eigenvalue weighted by Gasteiger charge is 2.22. The molecule has 0 saturated carbocycles. The van der Waals surface area contributed by atoms with Crippen LogP contribution < -0.4 is 9.64 Å². The predicted molar refractivity (Wildman–Crippen MR) is 86.0 cm³/mol. The molecule has 0 saturated heterocycles. The molecule has 0 aliphatic carbocycles. The van der Waals surface area contributed by atoms with Crippen molar-refractivity contribution < 1.29 is 18.3 Å². The fraction of sp³-hybridized carbons (Fsp3) is 0.235. The van der Waals surface area contributed by atoms with E-state index in [1.165, 1.54) is 6.07 Å². The summed E-state index contributed by atoms with van der Waals surface area (Å²) in [5, 5.41) is 0. The molecule has 0 aromatic heterocycles. The zero-order chi connectivity index (χ0) is 16.2. The Balaban J connectivity index is 1.73. The summed E-state index contributed by atoms with van der Waals surface area (Å²) in [5.41, 5.74) is 0.850. The van der Waals surface area contributed by atoms with Crippen molar-refractivity contribution in [2.24, 2.45) is 0 Å². The minimum atomic E-state index is -0.815. The van der Waals surface area contributed by atoms with E-state index in [9.17, 15) is 13.6 Å². The van der Waals surface area contributed by atoms with E-state index < -0.39 is 11.6 Å². The van der Waals surface area contributed by atoms with Gasteiger partial charge >= 0.3 is 0 Å². The normalized spacial score (nSPS) is 14.1. The van der Waals surface area contributed by atoms with Gasteiger partial charge in [0, 0.05) is 17.5 Å². The van der Waals surface area contributed by atoms with E-state index in [1.54, 1.807) is 16.7 Å². The molecule has 0 radical (unpaired) electrons. The maximum Gasteiger partial charge on any atom is 0.264 e. The Labute approximate surface area is 137 Å². The number of rotatable bonds is 3. The molecule has 3 nitrogen and oxygen atoms in total. The monoisotopic (exact) mass is 335 g/mol. The first-order chi connectivity index (χ1) is 11.1. The number of carbonyl (C=O) groups excluding carboxylic acids is 1. The summed E-state index contributed by atoms with van der Waals surface area (Å²) in [6.45, 7) is 0.305. The van der Waals surface area contributed by atoms with Crippen molar-refractivity contribution in [1.82, 2.24) is 0 Å². The van der Waals surface area contributed by atoms with E-state index in [1.807, 2.05) is 24.3 Å². The van der Waals surface area contributed by atoms with Gasteiger partial charge in [0.05, 0.1) is 5.69 Å². The molecule has 0 spiro atoms. The van der Waals surface area contributed by atoms with Crippen LogP contribution in [0.25, 0.3) is 0 Å². The first-order valence-corrected chi connectivity index (χ1v) is 8.24. The largest absolute Gasteiger partial charge is 0.481 e. The van der Waals surface area contributed by atoms with Crippen LogP contribution in [0.5, 0.6) is 5.75 Å². The van der Waals surface area contributed by atoms with Crippen LogP contribution in [0.15, 0.2) is 47.4 Å². The number of halogens is 2. The second-order valence-corrected chi connectivity index (χ2v) is 6.22. The Hall–Kier alpha value is -2.08. The zero-order valence-corrected chi connectivity index (χ0v) is 13.1. The van der Waals surface area contributed by atoms with Gasteiger partial charge in [-0.25, -0.2) is 8.78 Å². The number of ether oxygens (including phenoxy) is 1. The molecule has 1 aliphatic heterocycles. The number of nitrogens with zero attached hydrogens (tertiary/aromatic N) is 1. The molecule has 1 heterocycles. The molecule has 0 unspecified atom stereocenters. The van der Waals surface area contributed by atoms with Crippen LogP contribution in [0, 0.1) is 11.6 Å². The summed E-state index contributed by atoms with van der Waals surface area (Å²) in [5.74, 6) is -0.931. The third-order valence-corrected chi connectivity index (χ3v) is 4.63. The molecule has 0 fully saturated rings. The summed E-state index contributed by atoms with van der Waals surface area (Å²) in [6, 6.07) is 10.7. The van der Waals surface area contributed by atoms with E-state index in [-0.39, 0.29) is 18.3 Å². The van der Waals surface area contributed by atoms with Gasteiger partial charge in [-0.3, -0.25) is 4.79 Å². The third kappa shape index (κ3) is 3.64. The molecule has 0 atom stereocenters. The Morgan fingerprint density at radius 1 is 1.22 bits per heavy atom. The number of amides is 1. The van der Waals surface area contributed by atoms with Crippen LogP contribution in [0.1, 0.15) is 6.42 Å². The van der Waals surface area contributed by atoms with Gasteiger partial charge in [-0.1, -0.05) is 12.1 Å². The third-order valence-electron chi connectivity index (χ3n) is 3.49. The van der Waals surface area contributed by atoms with Gasteiger partial charge in [0.1, 0.15) is 5.82 Å². The lowest BCUT2D eigenvalue weighted by molar-refractivity contribution is -0.120. The van der Waals surface area contributed by atoms with Gasteiger partial charge in [0.2, 0.25) is 0 Å². The number of fused-ring (bicyclic) bond motifs is 1. The summed E-state index contributed by atoms with van der Waals surface area (Å²) in [4.78, 5) is 15.2. The second-order valence-electron chi connectivity index (χ2n) is 5.08. The molecule has 1 aliphatic rings. The molecule has 2 aromatic rings. The summed E-state index contributed by atoms with van der Waals surface area (Å²) in [7, 11) is 0. The van der Waals surface area contributed by atoms with Crippen molar-refractivity contribution in [2.75, 3.05) is 23.8 Å². The highest BCUT2D eigenvalue weighted by atomic mass is 32.2. The van der Waals surface area contributed by atoms with Crippen LogP contribution in [-0.2, 0) is 4.79 Å². The predicted octanol–water partition coefficient (Wildman–Crippen LogP) is 3.87. The minimum Gasteiger partial charge on any atom is -0.481 e. The van der Waals surface area contributed by atoms with Crippen LogP contribution in [-0.4, -0.2) is 24.8 Å². The average Bonchev–Trinajstić information content (AvgIpc) is 2.76. The van der Waals surface area contributed by atoms with E-state index >= 15 is 0 Å². The van der Waals surface area contributed by atoms with Gasteiger partial charge in [-0.15, -0.1) is 11.8 Å². The Morgan fingerprint density at radius 3 is 2.87 bits per heavy atom. The number of hydrogen-bond acceptors (Lipinski definition) is 3.